The maximum Gasteiger partial charge on any atom is 0.407 e. The van der Waals surface area contributed by atoms with Crippen LogP contribution in [0.15, 0.2) is 72.9 Å². The summed E-state index contributed by atoms with van der Waals surface area (Å²) in [6.07, 6.45) is -3.90. The second-order valence-corrected chi connectivity index (χ2v) is 10.6. The smallest absolute Gasteiger partial charge is 0.407 e. The molecule has 0 fully saturated rings. The van der Waals surface area contributed by atoms with E-state index in [0.29, 0.717) is 0 Å². The molecule has 0 aliphatic rings. The van der Waals surface area contributed by atoms with Crippen molar-refractivity contribution in [1.29, 1.82) is 0 Å². The van der Waals surface area contributed by atoms with Crippen molar-refractivity contribution < 1.29 is 66.7 Å². The van der Waals surface area contributed by atoms with E-state index in [1.54, 1.807) is 18.2 Å². The summed E-state index contributed by atoms with van der Waals surface area (Å²) in [6, 6.07) is 6.24. The minimum absolute atomic E-state index is 0.0555. The first-order valence-corrected chi connectivity index (χ1v) is 15.1. The van der Waals surface area contributed by atoms with Gasteiger partial charge in [0.15, 0.2) is 12.2 Å². The van der Waals surface area contributed by atoms with E-state index in [9.17, 15) is 28.8 Å². The molecule has 16 nitrogen and oxygen atoms in total. The molecule has 0 bridgehead atoms. The number of carbonyl (C=O) groups is 6. The van der Waals surface area contributed by atoms with Gasteiger partial charge in [0, 0.05) is 28.4 Å². The topological polar surface area (TPSA) is 200 Å². The van der Waals surface area contributed by atoms with E-state index in [4.69, 9.17) is 37.9 Å². The summed E-state index contributed by atoms with van der Waals surface area (Å²) >= 11 is 0. The molecular weight excluding hydrogens is 660 g/mol. The zero-order valence-electron chi connectivity index (χ0n) is 28.7. The molecule has 0 aromatic heterocycles. The molecule has 0 aliphatic heterocycles. The van der Waals surface area contributed by atoms with Crippen molar-refractivity contribution in [2.75, 3.05) is 52.7 Å². The molecule has 2 unspecified atom stereocenters. The highest BCUT2D eigenvalue weighted by atomic mass is 16.6. The lowest BCUT2D eigenvalue weighted by atomic mass is 10.3. The summed E-state index contributed by atoms with van der Waals surface area (Å²) in [5, 5.41) is 4.82. The summed E-state index contributed by atoms with van der Waals surface area (Å²) in [4.78, 5) is 71.5. The van der Waals surface area contributed by atoms with Crippen LogP contribution in [0.2, 0.25) is 0 Å². The van der Waals surface area contributed by atoms with Gasteiger partial charge >= 0.3 is 36.1 Å². The van der Waals surface area contributed by atoms with Gasteiger partial charge in [-0.25, -0.2) is 28.8 Å². The summed E-state index contributed by atoms with van der Waals surface area (Å²) in [6.45, 7) is 18.2. The van der Waals surface area contributed by atoms with E-state index in [0.717, 1.165) is 0 Å². The van der Waals surface area contributed by atoms with Crippen LogP contribution in [-0.2, 0) is 47.6 Å². The van der Waals surface area contributed by atoms with Gasteiger partial charge in [0.25, 0.3) is 0 Å². The molecule has 0 spiro atoms. The lowest BCUT2D eigenvalue weighted by Gasteiger charge is -2.20. The van der Waals surface area contributed by atoms with Crippen LogP contribution in [0.3, 0.4) is 0 Å². The predicted octanol–water partition coefficient (Wildman–Crippen LogP) is 3.11. The Morgan fingerprint density at radius 2 is 0.900 bits per heavy atom. The van der Waals surface area contributed by atoms with Gasteiger partial charge in [-0.1, -0.05) is 32.4 Å². The minimum atomic E-state index is -1.07. The van der Waals surface area contributed by atoms with Crippen molar-refractivity contribution in [3.05, 3.63) is 72.9 Å². The Morgan fingerprint density at radius 3 is 1.24 bits per heavy atom. The fraction of sp³-hybridized carbons (Fsp3) is 0.412. The van der Waals surface area contributed by atoms with E-state index in [2.05, 4.69) is 36.9 Å². The van der Waals surface area contributed by atoms with E-state index >= 15 is 0 Å². The van der Waals surface area contributed by atoms with Crippen LogP contribution >= 0.6 is 0 Å². The Kier molecular flexibility index (Phi) is 19.2. The number of nitrogens with one attached hydrogen (secondary N) is 2. The third kappa shape index (κ3) is 18.5. The van der Waals surface area contributed by atoms with E-state index in [1.807, 2.05) is 0 Å². The number of rotatable bonds is 22. The summed E-state index contributed by atoms with van der Waals surface area (Å²) < 4.78 is 42.2. The molecule has 274 valence electrons. The van der Waals surface area contributed by atoms with Crippen LogP contribution in [0.25, 0.3) is 0 Å². The lowest BCUT2D eigenvalue weighted by Crippen LogP contribution is -2.37. The second kappa shape index (κ2) is 22.7. The first-order chi connectivity index (χ1) is 23.6. The molecule has 1 rings (SSSR count). The molecule has 1 aromatic carbocycles. The number of alkyl carbamates (subject to hydrolysis) is 2. The maximum atomic E-state index is 12.3. The maximum absolute atomic E-state index is 12.3. The van der Waals surface area contributed by atoms with Crippen molar-refractivity contribution in [2.45, 2.75) is 39.9 Å². The zero-order valence-corrected chi connectivity index (χ0v) is 28.7. The fourth-order valence-corrected chi connectivity index (χ4v) is 3.07. The number of esters is 4. The van der Waals surface area contributed by atoms with Crippen LogP contribution in [-0.4, -0.2) is 101 Å². The van der Waals surface area contributed by atoms with Gasteiger partial charge in [-0.3, -0.25) is 0 Å². The first-order valence-electron chi connectivity index (χ1n) is 15.1. The SMILES string of the molecule is C=C(C)C(=O)OCCNC(=O)OC(COC(=O)C(=C)C)COc1cccc(OCC(COC(=O)C(=C)C)OC(=O)NCCOC(=O)C(=C)C)c1. The van der Waals surface area contributed by atoms with E-state index < -0.39 is 48.3 Å². The predicted molar refractivity (Wildman–Crippen MR) is 177 cm³/mol. The van der Waals surface area contributed by atoms with Gasteiger partial charge in [0.05, 0.1) is 13.1 Å². The van der Waals surface area contributed by atoms with E-state index in [1.165, 1.54) is 33.8 Å². The number of carbonyl (C=O) groups excluding carboxylic acids is 6. The number of amides is 2. The average Bonchev–Trinajstić information content (AvgIpc) is 3.06. The Labute approximate surface area is 290 Å². The van der Waals surface area contributed by atoms with Crippen molar-refractivity contribution in [3.63, 3.8) is 0 Å². The first kappa shape index (κ1) is 42.2. The number of benzene rings is 1. The number of hydrogen-bond donors (Lipinski definition) is 2. The molecule has 0 radical (unpaired) electrons. The largest absolute Gasteiger partial charge is 0.489 e. The molecule has 0 heterocycles. The third-order valence-corrected chi connectivity index (χ3v) is 5.63. The Bertz CT molecular complexity index is 1320. The van der Waals surface area contributed by atoms with E-state index in [-0.39, 0.29) is 86.5 Å². The highest BCUT2D eigenvalue weighted by Gasteiger charge is 2.21. The monoisotopic (exact) mass is 704 g/mol. The van der Waals surface area contributed by atoms with Crippen molar-refractivity contribution >= 4 is 36.1 Å². The average molecular weight is 705 g/mol. The summed E-state index contributed by atoms with van der Waals surface area (Å²) in [5.74, 6) is -2.09. The Hall–Kier alpha value is -5.80. The molecule has 1 aromatic rings. The normalized spacial score (nSPS) is 11.3. The third-order valence-electron chi connectivity index (χ3n) is 5.63. The molecule has 2 amide bonds. The van der Waals surface area contributed by atoms with Crippen LogP contribution in [0.1, 0.15) is 27.7 Å². The quantitative estimate of drug-likeness (QED) is 0.0772. The lowest BCUT2D eigenvalue weighted by molar-refractivity contribution is -0.143. The van der Waals surface area contributed by atoms with Gasteiger partial charge in [-0.15, -0.1) is 0 Å². The Morgan fingerprint density at radius 1 is 0.560 bits per heavy atom. The molecular formula is C34H44N2O14. The molecule has 2 atom stereocenters. The molecule has 50 heavy (non-hydrogen) atoms. The standard InChI is InChI=1S/C34H44N2O14/c1-21(2)29(37)43-14-12-35-33(41)49-27(19-47-31(39)23(5)6)17-45-25-10-9-11-26(16-25)46-18-28(20-48-32(40)24(7)8)50-34(42)36-13-15-44-30(38)22(3)4/h9-11,16,27-28H,1,3,5,7,12-15,17-20H2,2,4,6,8H3,(H,35,41)(H,36,42). The van der Waals surface area contributed by atoms with Crippen LogP contribution < -0.4 is 20.1 Å². The van der Waals surface area contributed by atoms with Gasteiger partial charge in [-0.05, 0) is 39.8 Å². The summed E-state index contributed by atoms with van der Waals surface area (Å²) in [7, 11) is 0. The minimum Gasteiger partial charge on any atom is -0.489 e. The van der Waals surface area contributed by atoms with Crippen molar-refractivity contribution in [2.24, 2.45) is 0 Å². The molecule has 0 aliphatic carbocycles. The molecule has 0 saturated heterocycles. The summed E-state index contributed by atoms with van der Waals surface area (Å²) in [5.41, 5.74) is 0.680. The highest BCUT2D eigenvalue weighted by Crippen LogP contribution is 2.20. The molecule has 0 saturated carbocycles. The molecule has 16 heteroatoms. The van der Waals surface area contributed by atoms with Crippen LogP contribution in [0, 0.1) is 0 Å². The van der Waals surface area contributed by atoms with Crippen LogP contribution in [0.5, 0.6) is 11.5 Å². The Balaban J connectivity index is 2.82. The molecule has 2 N–H and O–H groups in total. The van der Waals surface area contributed by atoms with Gasteiger partial charge in [0.2, 0.25) is 0 Å². The highest BCUT2D eigenvalue weighted by molar-refractivity contribution is 5.88. The number of hydrogen-bond acceptors (Lipinski definition) is 14. The van der Waals surface area contributed by atoms with Gasteiger partial charge in [-0.2, -0.15) is 0 Å². The van der Waals surface area contributed by atoms with Crippen molar-refractivity contribution in [1.82, 2.24) is 10.6 Å². The van der Waals surface area contributed by atoms with Gasteiger partial charge in [0.1, 0.15) is 51.1 Å². The van der Waals surface area contributed by atoms with Crippen molar-refractivity contribution in [3.8, 4) is 11.5 Å². The van der Waals surface area contributed by atoms with Gasteiger partial charge < -0.3 is 48.5 Å². The number of ether oxygens (including phenoxy) is 8. The zero-order chi connectivity index (χ0) is 37.6. The van der Waals surface area contributed by atoms with Crippen LogP contribution in [0.4, 0.5) is 9.59 Å². The second-order valence-electron chi connectivity index (χ2n) is 10.6. The fourth-order valence-electron chi connectivity index (χ4n) is 3.07.